The number of carbonyl (C=O) groups is 3. The molecule has 2 fully saturated rings. The van der Waals surface area contributed by atoms with Gasteiger partial charge in [0.05, 0.1) is 0 Å². The van der Waals surface area contributed by atoms with Gasteiger partial charge in [0.15, 0.2) is 0 Å². The minimum atomic E-state index is -0.906. The standard InChI is InChI=1S/C28H32N2O5/c31-26(30-15-5-10-25(30)27(32)33)19-13-11-18(12-14-19)16-29-28(34)35-17-24-22-8-3-1-6-20(22)21-7-2-4-9-23(21)24/h1-4,6-9,18-19,24-25H,5,10-17H2,(H,29,34)(H,32,33)/t18?,19?,25-/m1/s1. The van der Waals surface area contributed by atoms with Crippen molar-refractivity contribution < 1.29 is 24.2 Å². The van der Waals surface area contributed by atoms with Gasteiger partial charge in [-0.1, -0.05) is 48.5 Å². The summed E-state index contributed by atoms with van der Waals surface area (Å²) in [6.07, 6.45) is 4.03. The van der Waals surface area contributed by atoms with E-state index < -0.39 is 18.1 Å². The third-order valence-electron chi connectivity index (χ3n) is 7.90. The molecule has 0 aromatic heterocycles. The zero-order chi connectivity index (χ0) is 24.4. The van der Waals surface area contributed by atoms with Crippen LogP contribution in [0.15, 0.2) is 48.5 Å². The molecule has 7 heteroatoms. The Hall–Kier alpha value is -3.35. The molecule has 2 N–H and O–H groups in total. The van der Waals surface area contributed by atoms with Crippen LogP contribution in [0.5, 0.6) is 0 Å². The van der Waals surface area contributed by atoms with Crippen LogP contribution >= 0.6 is 0 Å². The van der Waals surface area contributed by atoms with Crippen molar-refractivity contribution in [1.29, 1.82) is 0 Å². The molecule has 1 saturated heterocycles. The van der Waals surface area contributed by atoms with Crippen LogP contribution in [0.1, 0.15) is 55.6 Å². The lowest BCUT2D eigenvalue weighted by Crippen LogP contribution is -2.44. The Balaban J connectivity index is 1.08. The zero-order valence-electron chi connectivity index (χ0n) is 19.8. The highest BCUT2D eigenvalue weighted by Gasteiger charge is 2.38. The Morgan fingerprint density at radius 2 is 1.54 bits per heavy atom. The van der Waals surface area contributed by atoms with E-state index in [1.54, 1.807) is 4.90 Å². The van der Waals surface area contributed by atoms with Crippen molar-refractivity contribution in [2.75, 3.05) is 19.7 Å². The molecule has 0 radical (unpaired) electrons. The SMILES string of the molecule is O=C(NCC1CCC(C(=O)N2CCC[C@@H]2C(=O)O)CC1)OCC1c2ccccc2-c2ccccc21. The first-order valence-corrected chi connectivity index (χ1v) is 12.6. The van der Waals surface area contributed by atoms with Crippen LogP contribution in [0.4, 0.5) is 4.79 Å². The maximum Gasteiger partial charge on any atom is 0.407 e. The van der Waals surface area contributed by atoms with Gasteiger partial charge in [-0.05, 0) is 66.7 Å². The molecule has 1 heterocycles. The van der Waals surface area contributed by atoms with Gasteiger partial charge in [-0.25, -0.2) is 9.59 Å². The van der Waals surface area contributed by atoms with Crippen LogP contribution in [-0.4, -0.2) is 53.7 Å². The topological polar surface area (TPSA) is 95.9 Å². The number of rotatable bonds is 6. The van der Waals surface area contributed by atoms with Crippen molar-refractivity contribution in [3.05, 3.63) is 59.7 Å². The number of likely N-dealkylation sites (tertiary alicyclic amines) is 1. The second-order valence-corrected chi connectivity index (χ2v) is 9.95. The van der Waals surface area contributed by atoms with E-state index in [0.717, 1.165) is 32.1 Å². The molecule has 2 aliphatic carbocycles. The number of hydrogen-bond donors (Lipinski definition) is 2. The van der Waals surface area contributed by atoms with E-state index in [1.807, 2.05) is 24.3 Å². The molecule has 2 amide bonds. The van der Waals surface area contributed by atoms with Crippen LogP contribution < -0.4 is 5.32 Å². The summed E-state index contributed by atoms with van der Waals surface area (Å²) in [5.74, 6) is -0.696. The molecule has 184 valence electrons. The predicted octanol–water partition coefficient (Wildman–Crippen LogP) is 4.41. The van der Waals surface area contributed by atoms with Crippen molar-refractivity contribution in [1.82, 2.24) is 10.2 Å². The van der Waals surface area contributed by atoms with E-state index in [9.17, 15) is 19.5 Å². The highest BCUT2D eigenvalue weighted by atomic mass is 16.5. The zero-order valence-corrected chi connectivity index (χ0v) is 19.8. The maximum absolute atomic E-state index is 12.8. The van der Waals surface area contributed by atoms with Gasteiger partial charge in [0.1, 0.15) is 12.6 Å². The minimum absolute atomic E-state index is 0.0159. The molecule has 35 heavy (non-hydrogen) atoms. The van der Waals surface area contributed by atoms with Crippen molar-refractivity contribution in [3.8, 4) is 11.1 Å². The molecule has 5 rings (SSSR count). The second kappa shape index (κ2) is 10.1. The fourth-order valence-electron chi connectivity index (χ4n) is 6.01. The summed E-state index contributed by atoms with van der Waals surface area (Å²) in [7, 11) is 0. The second-order valence-electron chi connectivity index (χ2n) is 9.95. The average Bonchev–Trinajstić information content (AvgIpc) is 3.50. The fourth-order valence-corrected chi connectivity index (χ4v) is 6.01. The molecule has 3 aliphatic rings. The maximum atomic E-state index is 12.8. The van der Waals surface area contributed by atoms with Gasteiger partial charge in [-0.3, -0.25) is 4.79 Å². The van der Waals surface area contributed by atoms with Gasteiger partial charge >= 0.3 is 12.1 Å². The number of hydrogen-bond acceptors (Lipinski definition) is 4. The molecule has 0 unspecified atom stereocenters. The van der Waals surface area contributed by atoms with Gasteiger partial charge in [0.2, 0.25) is 5.91 Å². The van der Waals surface area contributed by atoms with E-state index >= 15 is 0 Å². The molecule has 2 aromatic rings. The lowest BCUT2D eigenvalue weighted by molar-refractivity contribution is -0.150. The Labute approximate surface area is 205 Å². The third-order valence-corrected chi connectivity index (χ3v) is 7.90. The molecular weight excluding hydrogens is 444 g/mol. The molecule has 0 bridgehead atoms. The van der Waals surface area contributed by atoms with Crippen molar-refractivity contribution in [2.45, 2.75) is 50.5 Å². The number of carboxylic acid groups (broad SMARTS) is 1. The molecule has 0 spiro atoms. The highest BCUT2D eigenvalue weighted by Crippen LogP contribution is 2.44. The lowest BCUT2D eigenvalue weighted by Gasteiger charge is -2.32. The first kappa shape index (κ1) is 23.4. The summed E-state index contributed by atoms with van der Waals surface area (Å²) < 4.78 is 5.63. The van der Waals surface area contributed by atoms with Crippen molar-refractivity contribution in [3.63, 3.8) is 0 Å². The predicted molar refractivity (Wildman–Crippen MR) is 131 cm³/mol. The van der Waals surface area contributed by atoms with Crippen LogP contribution in [-0.2, 0) is 14.3 Å². The van der Waals surface area contributed by atoms with Crippen molar-refractivity contribution in [2.24, 2.45) is 11.8 Å². The molecule has 7 nitrogen and oxygen atoms in total. The first-order valence-electron chi connectivity index (χ1n) is 12.6. The van der Waals surface area contributed by atoms with Gasteiger partial charge in [-0.15, -0.1) is 0 Å². The molecule has 1 aliphatic heterocycles. The number of benzene rings is 2. The summed E-state index contributed by atoms with van der Waals surface area (Å²) in [5.41, 5.74) is 4.78. The molecule has 1 saturated carbocycles. The first-order chi connectivity index (χ1) is 17.0. The summed E-state index contributed by atoms with van der Waals surface area (Å²) in [5, 5.41) is 12.3. The number of alkyl carbamates (subject to hydrolysis) is 1. The number of aliphatic carboxylic acids is 1. The van der Waals surface area contributed by atoms with Crippen LogP contribution in [0, 0.1) is 11.8 Å². The van der Waals surface area contributed by atoms with Crippen LogP contribution in [0.3, 0.4) is 0 Å². The summed E-state index contributed by atoms with van der Waals surface area (Å²) >= 11 is 0. The van der Waals surface area contributed by atoms with Crippen LogP contribution in [0.2, 0.25) is 0 Å². The summed E-state index contributed by atoms with van der Waals surface area (Å²) in [4.78, 5) is 38.3. The molecular formula is C28H32N2O5. The average molecular weight is 477 g/mol. The Bertz CT molecular complexity index is 1060. The quantitative estimate of drug-likeness (QED) is 0.644. The lowest BCUT2D eigenvalue weighted by atomic mass is 9.81. The number of nitrogens with one attached hydrogen (secondary N) is 1. The fraction of sp³-hybridized carbons (Fsp3) is 0.464. The summed E-state index contributed by atoms with van der Waals surface area (Å²) in [6.45, 7) is 1.36. The van der Waals surface area contributed by atoms with Gasteiger partial charge in [0, 0.05) is 24.9 Å². The Kier molecular flexibility index (Phi) is 6.75. The number of nitrogens with zero attached hydrogens (tertiary/aromatic N) is 1. The van der Waals surface area contributed by atoms with Gasteiger partial charge in [-0.2, -0.15) is 0 Å². The normalized spacial score (nSPS) is 23.4. The number of fused-ring (bicyclic) bond motifs is 3. The van der Waals surface area contributed by atoms with E-state index in [4.69, 9.17) is 4.74 Å². The third kappa shape index (κ3) is 4.77. The minimum Gasteiger partial charge on any atom is -0.480 e. The van der Waals surface area contributed by atoms with Crippen molar-refractivity contribution >= 4 is 18.0 Å². The van der Waals surface area contributed by atoms with E-state index in [2.05, 4.69) is 29.6 Å². The van der Waals surface area contributed by atoms with Gasteiger partial charge < -0.3 is 20.1 Å². The number of ether oxygens (including phenoxy) is 1. The van der Waals surface area contributed by atoms with Crippen LogP contribution in [0.25, 0.3) is 11.1 Å². The largest absolute Gasteiger partial charge is 0.480 e. The van der Waals surface area contributed by atoms with E-state index in [1.165, 1.54) is 22.3 Å². The van der Waals surface area contributed by atoms with E-state index in [0.29, 0.717) is 32.0 Å². The number of carboxylic acids is 1. The van der Waals surface area contributed by atoms with Gasteiger partial charge in [0.25, 0.3) is 0 Å². The highest BCUT2D eigenvalue weighted by molar-refractivity contribution is 5.85. The Morgan fingerprint density at radius 1 is 0.914 bits per heavy atom. The Morgan fingerprint density at radius 3 is 2.17 bits per heavy atom. The molecule has 2 aromatic carbocycles. The monoisotopic (exact) mass is 476 g/mol. The smallest absolute Gasteiger partial charge is 0.407 e. The number of carbonyl (C=O) groups excluding carboxylic acids is 2. The number of amides is 2. The summed E-state index contributed by atoms with van der Waals surface area (Å²) in [6, 6.07) is 15.9. The van der Waals surface area contributed by atoms with E-state index in [-0.39, 0.29) is 17.7 Å². The molecule has 1 atom stereocenters.